The SMILES string of the molecule is CC(=NC(=N)c1ccc(F)c(C)c1)C1CCC(C)CC1.CC(C)C.CC1=C(C)CN(C)CC1.CCC=CCC.CCN. The zero-order chi connectivity index (χ0) is 32.7. The summed E-state index contributed by atoms with van der Waals surface area (Å²) in [5.41, 5.74) is 10.3. The van der Waals surface area contributed by atoms with Gasteiger partial charge in [-0.1, -0.05) is 84.6 Å². The van der Waals surface area contributed by atoms with Crippen molar-refractivity contribution in [3.63, 3.8) is 0 Å². The molecule has 4 nitrogen and oxygen atoms in total. The molecule has 42 heavy (non-hydrogen) atoms. The first-order chi connectivity index (χ1) is 19.7. The number of amidine groups is 1. The lowest BCUT2D eigenvalue weighted by Gasteiger charge is -2.26. The van der Waals surface area contributed by atoms with Crippen molar-refractivity contribution in [2.24, 2.45) is 28.5 Å². The number of benzene rings is 1. The number of hydrogen-bond acceptors (Lipinski definition) is 3. The van der Waals surface area contributed by atoms with E-state index in [9.17, 15) is 4.39 Å². The van der Waals surface area contributed by atoms with E-state index in [0.29, 0.717) is 17.0 Å². The fourth-order valence-electron chi connectivity index (χ4n) is 4.33. The minimum absolute atomic E-state index is 0.233. The van der Waals surface area contributed by atoms with Crippen LogP contribution in [0.25, 0.3) is 0 Å². The second-order valence-electron chi connectivity index (χ2n) is 12.5. The smallest absolute Gasteiger partial charge is 0.151 e. The number of hydrogen-bond donors (Lipinski definition) is 2. The van der Waals surface area contributed by atoms with Crippen LogP contribution in [0.4, 0.5) is 4.39 Å². The van der Waals surface area contributed by atoms with Crippen LogP contribution in [0.15, 0.2) is 46.5 Å². The third kappa shape index (κ3) is 21.6. The molecule has 2 aliphatic rings. The number of nitrogens with one attached hydrogen (secondary N) is 1. The average Bonchev–Trinajstić information content (AvgIpc) is 2.92. The predicted octanol–water partition coefficient (Wildman–Crippen LogP) is 10.4. The van der Waals surface area contributed by atoms with Gasteiger partial charge in [0.2, 0.25) is 0 Å². The van der Waals surface area contributed by atoms with E-state index < -0.39 is 0 Å². The molecule has 242 valence electrons. The summed E-state index contributed by atoms with van der Waals surface area (Å²) in [6, 6.07) is 4.73. The van der Waals surface area contributed by atoms with E-state index in [1.165, 1.54) is 64.1 Å². The highest BCUT2D eigenvalue weighted by molar-refractivity contribution is 6.05. The molecule has 0 bridgehead atoms. The van der Waals surface area contributed by atoms with E-state index in [-0.39, 0.29) is 11.7 Å². The van der Waals surface area contributed by atoms with Gasteiger partial charge in [-0.15, -0.1) is 0 Å². The van der Waals surface area contributed by atoms with Crippen molar-refractivity contribution in [1.29, 1.82) is 5.41 Å². The Labute approximate surface area is 260 Å². The minimum atomic E-state index is -0.233. The Kier molecular flexibility index (Phi) is 25.4. The molecule has 5 heteroatoms. The zero-order valence-corrected chi connectivity index (χ0v) is 29.5. The lowest BCUT2D eigenvalue weighted by molar-refractivity contribution is 0.343. The Morgan fingerprint density at radius 1 is 1.02 bits per heavy atom. The van der Waals surface area contributed by atoms with E-state index in [0.717, 1.165) is 24.1 Å². The van der Waals surface area contributed by atoms with Crippen LogP contribution in [-0.2, 0) is 0 Å². The molecule has 0 aromatic heterocycles. The van der Waals surface area contributed by atoms with Crippen molar-refractivity contribution >= 4 is 11.5 Å². The number of rotatable bonds is 4. The van der Waals surface area contributed by atoms with Crippen LogP contribution in [-0.4, -0.2) is 43.1 Å². The fraction of sp³-hybridized carbons (Fsp3) is 0.676. The Morgan fingerprint density at radius 3 is 1.93 bits per heavy atom. The van der Waals surface area contributed by atoms with Crippen LogP contribution in [0.2, 0.25) is 0 Å². The van der Waals surface area contributed by atoms with Gasteiger partial charge in [0.25, 0.3) is 0 Å². The number of likely N-dealkylation sites (N-methyl/N-ethyl adjacent to an activating group) is 1. The molecule has 0 saturated heterocycles. The van der Waals surface area contributed by atoms with Crippen LogP contribution in [0.1, 0.15) is 125 Å². The number of allylic oxidation sites excluding steroid dienone is 2. The van der Waals surface area contributed by atoms with Crippen molar-refractivity contribution in [2.75, 3.05) is 26.7 Å². The van der Waals surface area contributed by atoms with Crippen molar-refractivity contribution < 1.29 is 4.39 Å². The molecule has 1 saturated carbocycles. The summed E-state index contributed by atoms with van der Waals surface area (Å²) in [5, 5.41) is 8.08. The Balaban J connectivity index is 0. The van der Waals surface area contributed by atoms with Gasteiger partial charge in [0.1, 0.15) is 5.82 Å². The normalized spacial score (nSPS) is 19.0. The molecule has 3 rings (SSSR count). The zero-order valence-electron chi connectivity index (χ0n) is 29.5. The van der Waals surface area contributed by atoms with Crippen LogP contribution >= 0.6 is 0 Å². The molecule has 0 amide bonds. The van der Waals surface area contributed by atoms with Gasteiger partial charge in [0.15, 0.2) is 5.84 Å². The summed E-state index contributed by atoms with van der Waals surface area (Å²) < 4.78 is 13.2. The van der Waals surface area contributed by atoms with Gasteiger partial charge >= 0.3 is 0 Å². The maximum atomic E-state index is 13.2. The molecule has 1 heterocycles. The standard InChI is InChI=1S/C17H23FN2.C8H15N.C6H12.C4H10.C2H7N/c1-11-4-6-14(7-5-11)13(3)20-17(19)15-8-9-16(18)12(2)10-15;1-7-4-5-9(3)6-8(7)2;1-3-5-6-4-2;1-4(2)3;1-2-3/h8-11,14,19H,4-7H2,1-3H3;4-6H2,1-3H3;5-6H,3-4H2,1-2H3;4H,1-3H3;2-3H2,1H3. The third-order valence-corrected chi connectivity index (χ3v) is 7.07. The van der Waals surface area contributed by atoms with Crippen molar-refractivity contribution in [3.05, 3.63) is 58.4 Å². The molecule has 1 aliphatic carbocycles. The van der Waals surface area contributed by atoms with Gasteiger partial charge in [0, 0.05) is 24.4 Å². The van der Waals surface area contributed by atoms with E-state index in [2.05, 4.69) is 84.5 Å². The highest BCUT2D eigenvalue weighted by atomic mass is 19.1. The lowest BCUT2D eigenvalue weighted by atomic mass is 9.81. The molecular formula is C37H67FN4. The van der Waals surface area contributed by atoms with Crippen molar-refractivity contribution in [1.82, 2.24) is 4.90 Å². The number of aliphatic imine (C=N–C) groups is 1. The molecule has 0 spiro atoms. The first kappa shape index (κ1) is 42.0. The quantitative estimate of drug-likeness (QED) is 0.209. The molecule has 3 N–H and O–H groups in total. The second kappa shape index (κ2) is 25.4. The average molecular weight is 587 g/mol. The predicted molar refractivity (Wildman–Crippen MR) is 188 cm³/mol. The summed E-state index contributed by atoms with van der Waals surface area (Å²) in [5.74, 6) is 2.17. The maximum Gasteiger partial charge on any atom is 0.151 e. The highest BCUT2D eigenvalue weighted by Gasteiger charge is 2.20. The first-order valence-electron chi connectivity index (χ1n) is 16.3. The number of nitrogens with two attached hydrogens (primary N) is 1. The number of nitrogens with zero attached hydrogens (tertiary/aromatic N) is 2. The largest absolute Gasteiger partial charge is 0.331 e. The lowest BCUT2D eigenvalue weighted by Crippen LogP contribution is -2.26. The molecule has 1 fully saturated rings. The molecule has 1 aromatic rings. The Bertz CT molecular complexity index is 928. The van der Waals surface area contributed by atoms with E-state index in [1.807, 2.05) is 13.8 Å². The van der Waals surface area contributed by atoms with Gasteiger partial charge in [-0.05, 0) is 115 Å². The maximum absolute atomic E-state index is 13.2. The van der Waals surface area contributed by atoms with Crippen LogP contribution in [0, 0.1) is 35.9 Å². The van der Waals surface area contributed by atoms with E-state index in [1.54, 1.807) is 30.2 Å². The van der Waals surface area contributed by atoms with E-state index >= 15 is 0 Å². The van der Waals surface area contributed by atoms with Gasteiger partial charge in [-0.25, -0.2) is 9.38 Å². The van der Waals surface area contributed by atoms with Gasteiger partial charge in [-0.2, -0.15) is 0 Å². The molecule has 0 unspecified atom stereocenters. The third-order valence-electron chi connectivity index (χ3n) is 7.07. The second-order valence-corrected chi connectivity index (χ2v) is 12.5. The van der Waals surface area contributed by atoms with Crippen molar-refractivity contribution in [3.8, 4) is 0 Å². The van der Waals surface area contributed by atoms with Crippen molar-refractivity contribution in [2.45, 2.75) is 121 Å². The Morgan fingerprint density at radius 2 is 1.52 bits per heavy atom. The van der Waals surface area contributed by atoms with Gasteiger partial charge in [-0.3, -0.25) is 5.41 Å². The summed E-state index contributed by atoms with van der Waals surface area (Å²) in [7, 11) is 2.18. The fourth-order valence-corrected chi connectivity index (χ4v) is 4.33. The Hall–Kier alpha value is -2.11. The minimum Gasteiger partial charge on any atom is -0.331 e. The molecule has 0 radical (unpaired) electrons. The topological polar surface area (TPSA) is 65.5 Å². The summed E-state index contributed by atoms with van der Waals surface area (Å²) >= 11 is 0. The number of halogens is 1. The molecular weight excluding hydrogens is 519 g/mol. The first-order valence-corrected chi connectivity index (χ1v) is 16.3. The highest BCUT2D eigenvalue weighted by Crippen LogP contribution is 2.29. The van der Waals surface area contributed by atoms with Gasteiger partial charge < -0.3 is 10.6 Å². The van der Waals surface area contributed by atoms with E-state index in [4.69, 9.17) is 11.1 Å². The van der Waals surface area contributed by atoms with Crippen LogP contribution < -0.4 is 5.73 Å². The molecule has 1 aromatic carbocycles. The summed E-state index contributed by atoms with van der Waals surface area (Å²) in [6.45, 7) is 26.4. The van der Waals surface area contributed by atoms with Crippen LogP contribution in [0.5, 0.6) is 0 Å². The monoisotopic (exact) mass is 587 g/mol. The molecule has 1 aliphatic heterocycles. The number of aryl methyl sites for hydroxylation is 1. The molecule has 0 atom stereocenters. The summed E-state index contributed by atoms with van der Waals surface area (Å²) in [6.07, 6.45) is 12.8. The van der Waals surface area contributed by atoms with Crippen LogP contribution in [0.3, 0.4) is 0 Å². The summed E-state index contributed by atoms with van der Waals surface area (Å²) in [4.78, 5) is 6.81. The van der Waals surface area contributed by atoms with Gasteiger partial charge in [0.05, 0.1) is 0 Å².